The number of ether oxygens (including phenoxy) is 1. The van der Waals surface area contributed by atoms with E-state index in [-0.39, 0.29) is 30.2 Å². The van der Waals surface area contributed by atoms with E-state index in [0.717, 1.165) is 27.8 Å². The highest BCUT2D eigenvalue weighted by Gasteiger charge is 2.47. The molecule has 0 radical (unpaired) electrons. The van der Waals surface area contributed by atoms with Crippen molar-refractivity contribution in [2.75, 3.05) is 12.4 Å². The molecule has 4 N–H and O–H groups in total. The van der Waals surface area contributed by atoms with E-state index in [1.807, 2.05) is 66.7 Å². The second kappa shape index (κ2) is 11.9. The van der Waals surface area contributed by atoms with Crippen molar-refractivity contribution < 1.29 is 23.9 Å². The van der Waals surface area contributed by atoms with Gasteiger partial charge in [-0.05, 0) is 40.7 Å². The summed E-state index contributed by atoms with van der Waals surface area (Å²) >= 11 is 1.53. The van der Waals surface area contributed by atoms with E-state index in [9.17, 15) is 19.2 Å². The second-order valence-corrected chi connectivity index (χ2v) is 12.0. The maximum Gasteiger partial charge on any atom is 0.407 e. The number of nitrogens with one attached hydrogen (secondary N) is 2. The van der Waals surface area contributed by atoms with Crippen LogP contribution in [0, 0.1) is 0 Å². The number of piperidine rings is 1. The molecule has 0 spiro atoms. The third-order valence-electron chi connectivity index (χ3n) is 8.23. The average Bonchev–Trinajstić information content (AvgIpc) is 3.58. The van der Waals surface area contributed by atoms with Crippen LogP contribution < -0.4 is 16.4 Å². The van der Waals surface area contributed by atoms with Gasteiger partial charge in [0, 0.05) is 18.1 Å². The summed E-state index contributed by atoms with van der Waals surface area (Å²) < 4.78 is 5.66. The molecule has 216 valence electrons. The number of nitrogens with two attached hydrogens (primary N) is 1. The molecule has 1 aliphatic carbocycles. The lowest BCUT2D eigenvalue weighted by atomic mass is 9.98. The average molecular weight is 585 g/mol. The highest BCUT2D eigenvalue weighted by Crippen LogP contribution is 2.44. The molecule has 3 aliphatic rings. The van der Waals surface area contributed by atoms with Crippen molar-refractivity contribution in [3.63, 3.8) is 0 Å². The molecule has 3 aromatic rings. The molecular formula is C32H32N4O5S. The first-order valence-corrected chi connectivity index (χ1v) is 15.1. The Balaban J connectivity index is 1.08. The first kappa shape index (κ1) is 27.8. The van der Waals surface area contributed by atoms with E-state index >= 15 is 0 Å². The summed E-state index contributed by atoms with van der Waals surface area (Å²) in [5.74, 6) is -1.10. The van der Waals surface area contributed by atoms with Gasteiger partial charge in [0.15, 0.2) is 0 Å². The van der Waals surface area contributed by atoms with E-state index in [4.69, 9.17) is 10.5 Å². The summed E-state index contributed by atoms with van der Waals surface area (Å²) in [6.07, 6.45) is 0.657. The van der Waals surface area contributed by atoms with Crippen molar-refractivity contribution in [2.24, 2.45) is 5.73 Å². The van der Waals surface area contributed by atoms with Crippen molar-refractivity contribution in [3.05, 3.63) is 95.6 Å². The molecule has 0 unspecified atom stereocenters. The van der Waals surface area contributed by atoms with E-state index < -0.39 is 36.0 Å². The molecule has 2 heterocycles. The summed E-state index contributed by atoms with van der Waals surface area (Å²) in [5, 5.41) is 5.32. The molecule has 0 aromatic heterocycles. The topological polar surface area (TPSA) is 131 Å². The van der Waals surface area contributed by atoms with Crippen LogP contribution in [0.2, 0.25) is 0 Å². The Morgan fingerprint density at radius 1 is 0.929 bits per heavy atom. The molecular weight excluding hydrogens is 552 g/mol. The van der Waals surface area contributed by atoms with Crippen LogP contribution in [0.3, 0.4) is 0 Å². The Morgan fingerprint density at radius 3 is 2.24 bits per heavy atom. The van der Waals surface area contributed by atoms with Crippen LogP contribution in [0.5, 0.6) is 0 Å². The maximum absolute atomic E-state index is 13.5. The van der Waals surface area contributed by atoms with Crippen LogP contribution in [0.4, 0.5) is 4.79 Å². The van der Waals surface area contributed by atoms with Gasteiger partial charge in [-0.1, -0.05) is 78.9 Å². The van der Waals surface area contributed by atoms with E-state index in [0.29, 0.717) is 18.6 Å². The fourth-order valence-corrected chi connectivity index (χ4v) is 7.58. The summed E-state index contributed by atoms with van der Waals surface area (Å²) in [6, 6.07) is 23.0. The smallest absolute Gasteiger partial charge is 0.407 e. The van der Waals surface area contributed by atoms with Crippen molar-refractivity contribution >= 4 is 35.6 Å². The van der Waals surface area contributed by atoms with Gasteiger partial charge in [0.2, 0.25) is 17.7 Å². The summed E-state index contributed by atoms with van der Waals surface area (Å²) in [7, 11) is 0. The van der Waals surface area contributed by atoms with Crippen molar-refractivity contribution in [2.45, 2.75) is 48.7 Å². The zero-order chi connectivity index (χ0) is 29.2. The van der Waals surface area contributed by atoms with E-state index in [1.54, 1.807) is 4.90 Å². The van der Waals surface area contributed by atoms with Crippen LogP contribution in [-0.4, -0.2) is 64.6 Å². The second-order valence-electron chi connectivity index (χ2n) is 10.8. The lowest BCUT2D eigenvalue weighted by Crippen LogP contribution is -2.60. The predicted octanol–water partition coefficient (Wildman–Crippen LogP) is 3.17. The van der Waals surface area contributed by atoms with Gasteiger partial charge in [0.25, 0.3) is 0 Å². The van der Waals surface area contributed by atoms with E-state index in [2.05, 4.69) is 22.8 Å². The standard InChI is InChI=1S/C32H32N4O5S/c33-29(37)26(16-19-8-2-1-3-9-19)34-30(38)27-18-42-28-15-14-25(31(39)36(27)28)35-32(40)41-17-24-22-12-6-4-10-20(22)21-11-5-7-13-23(21)24/h1-13,24-28H,14-18H2,(H2,33,37)(H,34,38)(H,35,40)/t25-,26-,27-,28-/m0/s1. The minimum absolute atomic E-state index is 0.0910. The molecule has 0 saturated carbocycles. The lowest BCUT2D eigenvalue weighted by Gasteiger charge is -2.37. The molecule has 10 heteroatoms. The van der Waals surface area contributed by atoms with Crippen LogP contribution in [0.1, 0.15) is 35.4 Å². The Morgan fingerprint density at radius 2 is 1.57 bits per heavy atom. The summed E-state index contributed by atoms with van der Waals surface area (Å²) in [5.41, 5.74) is 10.9. The highest BCUT2D eigenvalue weighted by molar-refractivity contribution is 8.00. The molecule has 2 saturated heterocycles. The molecule has 0 bridgehead atoms. The van der Waals surface area contributed by atoms with Crippen molar-refractivity contribution in [1.82, 2.24) is 15.5 Å². The predicted molar refractivity (Wildman–Crippen MR) is 159 cm³/mol. The minimum atomic E-state index is -0.904. The number of alkyl carbamates (subject to hydrolysis) is 1. The van der Waals surface area contributed by atoms with Gasteiger partial charge in [0.1, 0.15) is 24.7 Å². The Kier molecular flexibility index (Phi) is 7.88. The molecule has 4 amide bonds. The molecule has 9 nitrogen and oxygen atoms in total. The fourth-order valence-electron chi connectivity index (χ4n) is 6.15. The first-order chi connectivity index (χ1) is 20.4. The number of fused-ring (bicyclic) bond motifs is 4. The van der Waals surface area contributed by atoms with Crippen molar-refractivity contribution in [1.29, 1.82) is 0 Å². The van der Waals surface area contributed by atoms with Crippen LogP contribution >= 0.6 is 11.8 Å². The Hall–Kier alpha value is -4.31. The normalized spacial score (nSPS) is 21.6. The number of amides is 4. The molecule has 3 aromatic carbocycles. The number of benzene rings is 3. The quantitative estimate of drug-likeness (QED) is 0.373. The maximum atomic E-state index is 13.5. The Labute approximate surface area is 248 Å². The van der Waals surface area contributed by atoms with Gasteiger partial charge >= 0.3 is 6.09 Å². The summed E-state index contributed by atoms with van der Waals surface area (Å²) in [4.78, 5) is 53.4. The van der Waals surface area contributed by atoms with Crippen LogP contribution in [-0.2, 0) is 25.5 Å². The zero-order valence-corrected chi connectivity index (χ0v) is 23.7. The number of hydrogen-bond acceptors (Lipinski definition) is 6. The van der Waals surface area contributed by atoms with Gasteiger partial charge in [-0.25, -0.2) is 4.79 Å². The molecule has 2 aliphatic heterocycles. The molecule has 4 atom stereocenters. The third kappa shape index (κ3) is 5.46. The number of rotatable bonds is 8. The molecule has 42 heavy (non-hydrogen) atoms. The van der Waals surface area contributed by atoms with Gasteiger partial charge in [0.05, 0.1) is 5.37 Å². The third-order valence-corrected chi connectivity index (χ3v) is 9.58. The minimum Gasteiger partial charge on any atom is -0.449 e. The zero-order valence-electron chi connectivity index (χ0n) is 22.9. The monoisotopic (exact) mass is 584 g/mol. The highest BCUT2D eigenvalue weighted by atomic mass is 32.2. The number of primary amides is 1. The fraction of sp³-hybridized carbons (Fsp3) is 0.312. The van der Waals surface area contributed by atoms with Crippen LogP contribution in [0.25, 0.3) is 11.1 Å². The molecule has 6 rings (SSSR count). The SMILES string of the molecule is NC(=O)[C@H](Cc1ccccc1)NC(=O)[C@@H]1CS[C@H]2CC[C@H](NC(=O)OCC3c4ccccc4-c4ccccc43)C(=O)N21. The van der Waals surface area contributed by atoms with Gasteiger partial charge in [-0.15, -0.1) is 11.8 Å². The molecule has 2 fully saturated rings. The van der Waals surface area contributed by atoms with Crippen LogP contribution in [0.15, 0.2) is 78.9 Å². The largest absolute Gasteiger partial charge is 0.449 e. The summed E-state index contributed by atoms with van der Waals surface area (Å²) in [6.45, 7) is 0.143. The van der Waals surface area contributed by atoms with Crippen molar-refractivity contribution in [3.8, 4) is 11.1 Å². The number of carbonyl (C=O) groups is 4. The van der Waals surface area contributed by atoms with Gasteiger partial charge < -0.3 is 26.0 Å². The Bertz CT molecular complexity index is 1470. The van der Waals surface area contributed by atoms with Gasteiger partial charge in [-0.3, -0.25) is 14.4 Å². The number of carbonyl (C=O) groups excluding carboxylic acids is 4. The number of nitrogens with zero attached hydrogens (tertiary/aromatic N) is 1. The lowest BCUT2D eigenvalue weighted by molar-refractivity contribution is -0.144. The first-order valence-electron chi connectivity index (χ1n) is 14.1. The number of hydrogen-bond donors (Lipinski definition) is 3. The van der Waals surface area contributed by atoms with Gasteiger partial charge in [-0.2, -0.15) is 0 Å². The van der Waals surface area contributed by atoms with E-state index in [1.165, 1.54) is 11.8 Å². The number of thioether (sulfide) groups is 1.